The molecule has 1 aromatic carbocycles. The van der Waals surface area contributed by atoms with Crippen LogP contribution in [0.1, 0.15) is 46.5 Å². The molecule has 2 unspecified atom stereocenters. The van der Waals surface area contributed by atoms with Crippen LogP contribution in [0.2, 0.25) is 0 Å². The fourth-order valence-electron chi connectivity index (χ4n) is 2.75. The average Bonchev–Trinajstić information content (AvgIpc) is 2.40. The van der Waals surface area contributed by atoms with Gasteiger partial charge in [-0.1, -0.05) is 0 Å². The molecule has 4 nitrogen and oxygen atoms in total. The van der Waals surface area contributed by atoms with Crippen LogP contribution in [0.4, 0.5) is 19.3 Å². The number of carbonyl (C=O) groups is 1. The average molecular weight is 326 g/mol. The van der Waals surface area contributed by atoms with Crippen LogP contribution in [0, 0.1) is 11.6 Å². The van der Waals surface area contributed by atoms with Crippen molar-refractivity contribution in [1.82, 2.24) is 5.32 Å². The number of halogens is 2. The summed E-state index contributed by atoms with van der Waals surface area (Å²) in [6, 6.07) is 3.50. The zero-order chi connectivity index (χ0) is 17.0. The molecule has 1 aliphatic carbocycles. The minimum atomic E-state index is -0.604. The molecule has 1 saturated carbocycles. The predicted molar refractivity (Wildman–Crippen MR) is 85.4 cm³/mol. The standard InChI is InChI=1S/C17H24F2N2O2/c1-17(2,3)23-16(22)21-13-6-4-5-12(10-13)20-15-8-7-11(18)9-14(15)19/h7-9,12-13,20H,4-6,10H2,1-3H3,(H,21,22). The quantitative estimate of drug-likeness (QED) is 0.875. The number of ether oxygens (including phenoxy) is 1. The van der Waals surface area contributed by atoms with Gasteiger partial charge in [0.25, 0.3) is 0 Å². The number of amides is 1. The lowest BCUT2D eigenvalue weighted by atomic mass is 9.91. The summed E-state index contributed by atoms with van der Waals surface area (Å²) in [5.41, 5.74) is -0.248. The second-order valence-corrected chi connectivity index (χ2v) is 6.98. The Bertz CT molecular complexity index is 558. The first-order valence-electron chi connectivity index (χ1n) is 7.94. The molecule has 0 radical (unpaired) electrons. The molecule has 0 heterocycles. The third-order valence-corrected chi connectivity index (χ3v) is 3.69. The van der Waals surface area contributed by atoms with E-state index in [1.807, 2.05) is 20.8 Å². The molecule has 23 heavy (non-hydrogen) atoms. The summed E-state index contributed by atoms with van der Waals surface area (Å²) in [5.74, 6) is -1.20. The highest BCUT2D eigenvalue weighted by Crippen LogP contribution is 2.24. The van der Waals surface area contributed by atoms with Gasteiger partial charge in [0.2, 0.25) is 0 Å². The Morgan fingerprint density at radius 3 is 2.57 bits per heavy atom. The van der Waals surface area contributed by atoms with Gasteiger partial charge in [-0.3, -0.25) is 0 Å². The van der Waals surface area contributed by atoms with E-state index in [9.17, 15) is 13.6 Å². The van der Waals surface area contributed by atoms with E-state index in [1.54, 1.807) is 0 Å². The van der Waals surface area contributed by atoms with Crippen LogP contribution in [0.3, 0.4) is 0 Å². The molecule has 0 bridgehead atoms. The van der Waals surface area contributed by atoms with Crippen LogP contribution in [0.15, 0.2) is 18.2 Å². The topological polar surface area (TPSA) is 50.4 Å². The smallest absolute Gasteiger partial charge is 0.407 e. The van der Waals surface area contributed by atoms with E-state index in [4.69, 9.17) is 4.74 Å². The predicted octanol–water partition coefficient (Wildman–Crippen LogP) is 4.21. The maximum atomic E-state index is 13.7. The van der Waals surface area contributed by atoms with Crippen LogP contribution < -0.4 is 10.6 Å². The van der Waals surface area contributed by atoms with Crippen molar-refractivity contribution < 1.29 is 18.3 Å². The number of alkyl carbamates (subject to hydrolysis) is 1. The lowest BCUT2D eigenvalue weighted by Crippen LogP contribution is -2.43. The van der Waals surface area contributed by atoms with Gasteiger partial charge in [0, 0.05) is 18.2 Å². The zero-order valence-corrected chi connectivity index (χ0v) is 13.8. The van der Waals surface area contributed by atoms with Gasteiger partial charge in [-0.15, -0.1) is 0 Å². The molecule has 1 aliphatic rings. The van der Waals surface area contributed by atoms with Gasteiger partial charge >= 0.3 is 6.09 Å². The first-order chi connectivity index (χ1) is 10.7. The highest BCUT2D eigenvalue weighted by molar-refractivity contribution is 5.68. The van der Waals surface area contributed by atoms with Crippen molar-refractivity contribution in [3.05, 3.63) is 29.8 Å². The summed E-state index contributed by atoms with van der Waals surface area (Å²) < 4.78 is 31.9. The number of benzene rings is 1. The van der Waals surface area contributed by atoms with E-state index in [0.717, 1.165) is 25.3 Å². The van der Waals surface area contributed by atoms with Crippen LogP contribution in [-0.4, -0.2) is 23.8 Å². The molecule has 1 amide bonds. The number of hydrogen-bond acceptors (Lipinski definition) is 3. The van der Waals surface area contributed by atoms with Crippen LogP contribution in [0.5, 0.6) is 0 Å². The lowest BCUT2D eigenvalue weighted by Gasteiger charge is -2.31. The molecule has 0 aromatic heterocycles. The zero-order valence-electron chi connectivity index (χ0n) is 13.8. The van der Waals surface area contributed by atoms with Gasteiger partial charge in [-0.2, -0.15) is 0 Å². The maximum absolute atomic E-state index is 13.7. The van der Waals surface area contributed by atoms with Crippen molar-refractivity contribution in [2.24, 2.45) is 0 Å². The SMILES string of the molecule is CC(C)(C)OC(=O)NC1CCCC(Nc2ccc(F)cc2F)C1. The first-order valence-corrected chi connectivity index (χ1v) is 7.94. The Morgan fingerprint density at radius 1 is 1.22 bits per heavy atom. The first kappa shape index (κ1) is 17.5. The Hall–Kier alpha value is -1.85. The van der Waals surface area contributed by atoms with E-state index in [2.05, 4.69) is 10.6 Å². The summed E-state index contributed by atoms with van der Waals surface area (Å²) in [5, 5.41) is 5.95. The molecule has 1 aromatic rings. The molecule has 2 N–H and O–H groups in total. The fourth-order valence-corrected chi connectivity index (χ4v) is 2.75. The Kier molecular flexibility index (Phi) is 5.44. The summed E-state index contributed by atoms with van der Waals surface area (Å²) in [4.78, 5) is 11.8. The van der Waals surface area contributed by atoms with E-state index in [0.29, 0.717) is 6.42 Å². The summed E-state index contributed by atoms with van der Waals surface area (Å²) in [6.45, 7) is 5.44. The molecule has 6 heteroatoms. The van der Waals surface area contributed by atoms with E-state index < -0.39 is 23.3 Å². The number of carbonyl (C=O) groups excluding carboxylic acids is 1. The van der Waals surface area contributed by atoms with E-state index in [1.165, 1.54) is 12.1 Å². The summed E-state index contributed by atoms with van der Waals surface area (Å²) in [7, 11) is 0. The van der Waals surface area contributed by atoms with E-state index >= 15 is 0 Å². The van der Waals surface area contributed by atoms with Crippen LogP contribution >= 0.6 is 0 Å². The third kappa shape index (κ3) is 5.69. The van der Waals surface area contributed by atoms with Crippen molar-refractivity contribution >= 4 is 11.8 Å². The largest absolute Gasteiger partial charge is 0.444 e. The van der Waals surface area contributed by atoms with Gasteiger partial charge in [-0.05, 0) is 58.6 Å². The molecule has 128 valence electrons. The number of hydrogen-bond donors (Lipinski definition) is 2. The fraction of sp³-hybridized carbons (Fsp3) is 0.588. The normalized spacial score (nSPS) is 21.6. The number of anilines is 1. The van der Waals surface area contributed by atoms with Crippen molar-refractivity contribution in [2.75, 3.05) is 5.32 Å². The van der Waals surface area contributed by atoms with Gasteiger partial charge in [-0.25, -0.2) is 13.6 Å². The molecule has 2 atom stereocenters. The number of rotatable bonds is 3. The van der Waals surface area contributed by atoms with Crippen molar-refractivity contribution in [1.29, 1.82) is 0 Å². The Morgan fingerprint density at radius 2 is 1.91 bits per heavy atom. The molecule has 0 saturated heterocycles. The highest BCUT2D eigenvalue weighted by Gasteiger charge is 2.25. The van der Waals surface area contributed by atoms with Crippen molar-refractivity contribution in [2.45, 2.75) is 64.1 Å². The molecular weight excluding hydrogens is 302 g/mol. The second-order valence-electron chi connectivity index (χ2n) is 6.98. The lowest BCUT2D eigenvalue weighted by molar-refractivity contribution is 0.0492. The molecule has 0 spiro atoms. The highest BCUT2D eigenvalue weighted by atomic mass is 19.1. The minimum absolute atomic E-state index is 0.0143. The summed E-state index contributed by atoms with van der Waals surface area (Å²) >= 11 is 0. The summed E-state index contributed by atoms with van der Waals surface area (Å²) in [6.07, 6.45) is 2.90. The molecule has 1 fully saturated rings. The molecule has 2 rings (SSSR count). The van der Waals surface area contributed by atoms with Gasteiger partial charge in [0.15, 0.2) is 0 Å². The second kappa shape index (κ2) is 7.15. The van der Waals surface area contributed by atoms with Crippen molar-refractivity contribution in [3.8, 4) is 0 Å². The maximum Gasteiger partial charge on any atom is 0.407 e. The molecular formula is C17H24F2N2O2. The van der Waals surface area contributed by atoms with Gasteiger partial charge in [0.05, 0.1) is 5.69 Å². The Labute approximate surface area is 135 Å². The Balaban J connectivity index is 1.89. The monoisotopic (exact) mass is 326 g/mol. The van der Waals surface area contributed by atoms with Crippen molar-refractivity contribution in [3.63, 3.8) is 0 Å². The van der Waals surface area contributed by atoms with Gasteiger partial charge < -0.3 is 15.4 Å². The van der Waals surface area contributed by atoms with Gasteiger partial charge in [0.1, 0.15) is 17.2 Å². The minimum Gasteiger partial charge on any atom is -0.444 e. The van der Waals surface area contributed by atoms with Crippen LogP contribution in [-0.2, 0) is 4.74 Å². The molecule has 0 aliphatic heterocycles. The third-order valence-electron chi connectivity index (χ3n) is 3.69. The van der Waals surface area contributed by atoms with Crippen LogP contribution in [0.25, 0.3) is 0 Å². The number of nitrogens with one attached hydrogen (secondary N) is 2. The van der Waals surface area contributed by atoms with E-state index in [-0.39, 0.29) is 17.8 Å².